The number of aromatic nitrogens is 1. The Morgan fingerprint density at radius 3 is 2.53 bits per heavy atom. The summed E-state index contributed by atoms with van der Waals surface area (Å²) in [5.41, 5.74) is 1.61. The monoisotopic (exact) mass is 461 g/mol. The van der Waals surface area contributed by atoms with E-state index in [1.807, 2.05) is 49.4 Å². The molecule has 2 aromatic carbocycles. The molecule has 0 spiro atoms. The van der Waals surface area contributed by atoms with Crippen molar-refractivity contribution in [1.82, 2.24) is 4.98 Å². The number of rotatable bonds is 10. The zero-order valence-electron chi connectivity index (χ0n) is 19.8. The zero-order chi connectivity index (χ0) is 24.0. The second-order valence-corrected chi connectivity index (χ2v) is 8.87. The number of allylic oxidation sites excluding steroid dienone is 2. The molecule has 1 atom stereocenters. The van der Waals surface area contributed by atoms with E-state index >= 15 is 0 Å². The second kappa shape index (κ2) is 10.6. The van der Waals surface area contributed by atoms with E-state index < -0.39 is 11.6 Å². The fourth-order valence-corrected chi connectivity index (χ4v) is 4.09. The molecule has 0 fully saturated rings. The van der Waals surface area contributed by atoms with E-state index in [1.165, 1.54) is 18.4 Å². The van der Waals surface area contributed by atoms with E-state index in [2.05, 4.69) is 11.1 Å². The summed E-state index contributed by atoms with van der Waals surface area (Å²) in [6, 6.07) is 16.5. The SMILES string of the molecule is Cc1oc(C2=CCCCC2)nc1CCOc1ccc(CC(C)(Oc2ccccc2)C(=O)O)cc1. The van der Waals surface area contributed by atoms with Crippen molar-refractivity contribution in [3.05, 3.63) is 83.6 Å². The number of benzene rings is 2. The first kappa shape index (κ1) is 23.6. The predicted molar refractivity (Wildman–Crippen MR) is 130 cm³/mol. The lowest BCUT2D eigenvalue weighted by Crippen LogP contribution is -2.43. The van der Waals surface area contributed by atoms with Crippen LogP contribution in [0.25, 0.3) is 5.57 Å². The van der Waals surface area contributed by atoms with E-state index in [0.29, 0.717) is 18.8 Å². The molecular formula is C28H31NO5. The third kappa shape index (κ3) is 5.87. The van der Waals surface area contributed by atoms with Crippen LogP contribution in [0, 0.1) is 6.92 Å². The summed E-state index contributed by atoms with van der Waals surface area (Å²) >= 11 is 0. The Kier molecular flexibility index (Phi) is 7.36. The summed E-state index contributed by atoms with van der Waals surface area (Å²) in [7, 11) is 0. The fraction of sp³-hybridized carbons (Fsp3) is 0.357. The van der Waals surface area contributed by atoms with Gasteiger partial charge in [-0.1, -0.05) is 36.4 Å². The highest BCUT2D eigenvalue weighted by atomic mass is 16.5. The van der Waals surface area contributed by atoms with Gasteiger partial charge in [-0.15, -0.1) is 0 Å². The molecule has 0 saturated heterocycles. The smallest absolute Gasteiger partial charge is 0.348 e. The lowest BCUT2D eigenvalue weighted by atomic mass is 9.96. The van der Waals surface area contributed by atoms with Crippen LogP contribution in [-0.4, -0.2) is 28.3 Å². The molecule has 6 nitrogen and oxygen atoms in total. The average Bonchev–Trinajstić information content (AvgIpc) is 3.22. The normalized spacial score (nSPS) is 15.3. The summed E-state index contributed by atoms with van der Waals surface area (Å²) < 4.78 is 17.6. The Morgan fingerprint density at radius 1 is 1.09 bits per heavy atom. The Balaban J connectivity index is 1.33. The number of carbonyl (C=O) groups is 1. The van der Waals surface area contributed by atoms with Crippen molar-refractivity contribution in [2.45, 2.75) is 58.0 Å². The average molecular weight is 462 g/mol. The van der Waals surface area contributed by atoms with E-state index in [-0.39, 0.29) is 6.42 Å². The number of hydrogen-bond acceptors (Lipinski definition) is 5. The molecule has 0 radical (unpaired) electrons. The van der Waals surface area contributed by atoms with Gasteiger partial charge in [0.05, 0.1) is 12.3 Å². The number of aryl methyl sites for hydroxylation is 1. The van der Waals surface area contributed by atoms with Crippen molar-refractivity contribution in [3.63, 3.8) is 0 Å². The number of hydrogen-bond donors (Lipinski definition) is 1. The van der Waals surface area contributed by atoms with E-state index in [9.17, 15) is 9.90 Å². The predicted octanol–water partition coefficient (Wildman–Crippen LogP) is 6.03. The summed E-state index contributed by atoms with van der Waals surface area (Å²) in [6.07, 6.45) is 7.66. The van der Waals surface area contributed by atoms with Gasteiger partial charge in [-0.2, -0.15) is 0 Å². The summed E-state index contributed by atoms with van der Waals surface area (Å²) in [5, 5.41) is 9.77. The number of ether oxygens (including phenoxy) is 2. The van der Waals surface area contributed by atoms with Gasteiger partial charge in [0.25, 0.3) is 0 Å². The van der Waals surface area contributed by atoms with Gasteiger partial charge < -0.3 is 19.0 Å². The Morgan fingerprint density at radius 2 is 1.85 bits per heavy atom. The third-order valence-corrected chi connectivity index (χ3v) is 6.07. The quantitative estimate of drug-likeness (QED) is 0.397. The molecule has 1 aliphatic carbocycles. The van der Waals surface area contributed by atoms with Crippen LogP contribution < -0.4 is 9.47 Å². The van der Waals surface area contributed by atoms with Crippen LogP contribution >= 0.6 is 0 Å². The fourth-order valence-electron chi connectivity index (χ4n) is 4.09. The van der Waals surface area contributed by atoms with Gasteiger partial charge in [-0.05, 0) is 69.4 Å². The molecule has 1 heterocycles. The highest BCUT2D eigenvalue weighted by Gasteiger charge is 2.36. The number of carboxylic acids is 1. The molecule has 6 heteroatoms. The summed E-state index contributed by atoms with van der Waals surface area (Å²) in [5.74, 6) is 1.82. The molecule has 0 saturated carbocycles. The number of aliphatic carboxylic acids is 1. The van der Waals surface area contributed by atoms with Gasteiger partial charge in [0.2, 0.25) is 11.5 Å². The minimum Gasteiger partial charge on any atom is -0.493 e. The lowest BCUT2D eigenvalue weighted by Gasteiger charge is -2.26. The van der Waals surface area contributed by atoms with Crippen LogP contribution in [0.5, 0.6) is 11.5 Å². The molecule has 4 rings (SSSR count). The highest BCUT2D eigenvalue weighted by molar-refractivity contribution is 5.78. The van der Waals surface area contributed by atoms with Crippen LogP contribution in [-0.2, 0) is 17.6 Å². The summed E-state index contributed by atoms with van der Waals surface area (Å²) in [6.45, 7) is 4.01. The Bertz CT molecular complexity index is 1130. The van der Waals surface area contributed by atoms with E-state index in [1.54, 1.807) is 19.1 Å². The van der Waals surface area contributed by atoms with E-state index in [0.717, 1.165) is 41.5 Å². The molecule has 0 amide bonds. The van der Waals surface area contributed by atoms with Gasteiger partial charge in [0, 0.05) is 18.4 Å². The lowest BCUT2D eigenvalue weighted by molar-refractivity contribution is -0.153. The van der Waals surface area contributed by atoms with Crippen molar-refractivity contribution in [2.75, 3.05) is 6.61 Å². The molecule has 1 aromatic heterocycles. The van der Waals surface area contributed by atoms with Gasteiger partial charge in [0.1, 0.15) is 17.3 Å². The first-order valence-corrected chi connectivity index (χ1v) is 11.8. The topological polar surface area (TPSA) is 81.8 Å². The second-order valence-electron chi connectivity index (χ2n) is 8.87. The molecule has 3 aromatic rings. The van der Waals surface area contributed by atoms with Gasteiger partial charge in [-0.25, -0.2) is 9.78 Å². The zero-order valence-corrected chi connectivity index (χ0v) is 19.8. The Labute approximate surface area is 200 Å². The molecule has 178 valence electrons. The van der Waals surface area contributed by atoms with Crippen LogP contribution in [0.1, 0.15) is 55.5 Å². The van der Waals surface area contributed by atoms with Gasteiger partial charge >= 0.3 is 5.97 Å². The Hall–Kier alpha value is -3.54. The van der Waals surface area contributed by atoms with Crippen molar-refractivity contribution >= 4 is 11.5 Å². The van der Waals surface area contributed by atoms with Gasteiger partial charge in [0.15, 0.2) is 0 Å². The largest absolute Gasteiger partial charge is 0.493 e. The number of oxazole rings is 1. The summed E-state index contributed by atoms with van der Waals surface area (Å²) in [4.78, 5) is 16.6. The first-order valence-electron chi connectivity index (χ1n) is 11.8. The molecule has 1 N–H and O–H groups in total. The van der Waals surface area contributed by atoms with Crippen LogP contribution in [0.3, 0.4) is 0 Å². The van der Waals surface area contributed by atoms with Crippen molar-refractivity contribution < 1.29 is 23.8 Å². The number of nitrogens with zero attached hydrogens (tertiary/aromatic N) is 1. The van der Waals surface area contributed by atoms with E-state index in [4.69, 9.17) is 13.9 Å². The molecule has 1 aliphatic rings. The van der Waals surface area contributed by atoms with Crippen molar-refractivity contribution in [1.29, 1.82) is 0 Å². The van der Waals surface area contributed by atoms with Crippen molar-refractivity contribution in [2.24, 2.45) is 0 Å². The molecular weight excluding hydrogens is 430 g/mol. The van der Waals surface area contributed by atoms with Gasteiger partial charge in [-0.3, -0.25) is 0 Å². The number of para-hydroxylation sites is 1. The standard InChI is InChI=1S/C28H31NO5/c1-20-25(29-26(33-20)22-9-5-3-6-10-22)17-18-32-23-15-13-21(14-16-23)19-28(2,27(30)31)34-24-11-7-4-8-12-24/h4,7-9,11-16H,3,5-6,10,17-19H2,1-2H3,(H,30,31). The molecule has 0 aliphatic heterocycles. The maximum Gasteiger partial charge on any atom is 0.348 e. The number of carboxylic acid groups (broad SMARTS) is 1. The molecule has 1 unspecified atom stereocenters. The third-order valence-electron chi connectivity index (χ3n) is 6.07. The maximum absolute atomic E-state index is 11.9. The molecule has 0 bridgehead atoms. The van der Waals surface area contributed by atoms with Crippen LogP contribution in [0.15, 0.2) is 65.1 Å². The highest BCUT2D eigenvalue weighted by Crippen LogP contribution is 2.28. The van der Waals surface area contributed by atoms with Crippen molar-refractivity contribution in [3.8, 4) is 11.5 Å². The van der Waals surface area contributed by atoms with Crippen LogP contribution in [0.2, 0.25) is 0 Å². The molecule has 34 heavy (non-hydrogen) atoms. The first-order chi connectivity index (χ1) is 16.4. The van der Waals surface area contributed by atoms with Crippen LogP contribution in [0.4, 0.5) is 0 Å². The minimum atomic E-state index is -1.38. The maximum atomic E-state index is 11.9. The minimum absolute atomic E-state index is 0.230.